The molecule has 0 saturated carbocycles. The number of hydrogen-bond acceptors (Lipinski definition) is 1. The standard InChI is InChI=1S/C18H17NO/c1-11-4-7-14(8-5-11)18-17(13(3)20)15-10-12(2)6-9-16(15)19-18/h4-10,19H,1-3H3. The Morgan fingerprint density at radius 3 is 2.25 bits per heavy atom. The van der Waals surface area contributed by atoms with E-state index in [9.17, 15) is 4.79 Å². The van der Waals surface area contributed by atoms with Crippen molar-refractivity contribution in [2.75, 3.05) is 0 Å². The van der Waals surface area contributed by atoms with Crippen molar-refractivity contribution in [3.8, 4) is 11.3 Å². The molecule has 0 amide bonds. The quantitative estimate of drug-likeness (QED) is 0.670. The van der Waals surface area contributed by atoms with Gasteiger partial charge in [0.2, 0.25) is 0 Å². The van der Waals surface area contributed by atoms with Gasteiger partial charge in [0.25, 0.3) is 0 Å². The lowest BCUT2D eigenvalue weighted by Crippen LogP contribution is -1.94. The van der Waals surface area contributed by atoms with Gasteiger partial charge in [0.15, 0.2) is 5.78 Å². The van der Waals surface area contributed by atoms with E-state index in [4.69, 9.17) is 0 Å². The fraction of sp³-hybridized carbons (Fsp3) is 0.167. The minimum Gasteiger partial charge on any atom is -0.354 e. The molecular formula is C18H17NO. The molecule has 100 valence electrons. The van der Waals surface area contributed by atoms with Crippen molar-refractivity contribution in [1.29, 1.82) is 0 Å². The highest BCUT2D eigenvalue weighted by atomic mass is 16.1. The maximum Gasteiger partial charge on any atom is 0.162 e. The third kappa shape index (κ3) is 2.03. The number of rotatable bonds is 2. The van der Waals surface area contributed by atoms with E-state index in [1.165, 1.54) is 5.56 Å². The summed E-state index contributed by atoms with van der Waals surface area (Å²) in [7, 11) is 0. The molecule has 0 aliphatic carbocycles. The lowest BCUT2D eigenvalue weighted by atomic mass is 10.0. The van der Waals surface area contributed by atoms with Gasteiger partial charge in [-0.1, -0.05) is 41.5 Å². The monoisotopic (exact) mass is 263 g/mol. The Hall–Kier alpha value is -2.35. The fourth-order valence-corrected chi connectivity index (χ4v) is 2.61. The number of benzene rings is 2. The predicted octanol–water partition coefficient (Wildman–Crippen LogP) is 4.65. The molecule has 3 rings (SSSR count). The summed E-state index contributed by atoms with van der Waals surface area (Å²) in [6, 6.07) is 14.4. The zero-order valence-electron chi connectivity index (χ0n) is 11.9. The van der Waals surface area contributed by atoms with E-state index >= 15 is 0 Å². The number of carbonyl (C=O) groups is 1. The Morgan fingerprint density at radius 2 is 1.60 bits per heavy atom. The molecule has 0 radical (unpaired) electrons. The smallest absolute Gasteiger partial charge is 0.162 e. The summed E-state index contributed by atoms with van der Waals surface area (Å²) in [5.74, 6) is 0.0948. The Kier molecular flexibility index (Phi) is 2.94. The maximum absolute atomic E-state index is 12.1. The van der Waals surface area contributed by atoms with Gasteiger partial charge >= 0.3 is 0 Å². The zero-order valence-corrected chi connectivity index (χ0v) is 11.9. The first-order chi connectivity index (χ1) is 9.56. The molecule has 1 N–H and O–H groups in total. The summed E-state index contributed by atoms with van der Waals surface area (Å²) in [5.41, 5.74) is 6.14. The highest BCUT2D eigenvalue weighted by Gasteiger charge is 2.16. The van der Waals surface area contributed by atoms with Crippen LogP contribution < -0.4 is 0 Å². The van der Waals surface area contributed by atoms with Crippen LogP contribution in [0.2, 0.25) is 0 Å². The molecule has 2 nitrogen and oxygen atoms in total. The number of hydrogen-bond donors (Lipinski definition) is 1. The summed E-state index contributed by atoms with van der Waals surface area (Å²) in [4.78, 5) is 15.5. The molecule has 2 aromatic carbocycles. The molecule has 0 fully saturated rings. The molecule has 0 atom stereocenters. The lowest BCUT2D eigenvalue weighted by molar-refractivity contribution is 0.102. The summed E-state index contributed by atoms with van der Waals surface area (Å²) in [6.45, 7) is 5.73. The summed E-state index contributed by atoms with van der Waals surface area (Å²) < 4.78 is 0. The molecule has 0 spiro atoms. The van der Waals surface area contributed by atoms with E-state index in [2.05, 4.69) is 48.3 Å². The van der Waals surface area contributed by atoms with Gasteiger partial charge in [0, 0.05) is 10.9 Å². The van der Waals surface area contributed by atoms with Crippen LogP contribution in [0.1, 0.15) is 28.4 Å². The molecule has 3 aromatic rings. The zero-order chi connectivity index (χ0) is 14.3. The van der Waals surface area contributed by atoms with E-state index in [0.717, 1.165) is 33.3 Å². The molecule has 0 bridgehead atoms. The van der Waals surface area contributed by atoms with Crippen molar-refractivity contribution in [3.05, 3.63) is 59.2 Å². The highest BCUT2D eigenvalue weighted by Crippen LogP contribution is 2.31. The van der Waals surface area contributed by atoms with Gasteiger partial charge in [-0.3, -0.25) is 4.79 Å². The molecule has 0 aliphatic rings. The van der Waals surface area contributed by atoms with E-state index in [-0.39, 0.29) is 5.78 Å². The molecule has 2 heteroatoms. The third-order valence-electron chi connectivity index (χ3n) is 3.65. The van der Waals surface area contributed by atoms with Crippen molar-refractivity contribution < 1.29 is 4.79 Å². The third-order valence-corrected chi connectivity index (χ3v) is 3.65. The summed E-state index contributed by atoms with van der Waals surface area (Å²) in [5, 5.41) is 1.01. The van der Waals surface area contributed by atoms with Crippen LogP contribution in [0.4, 0.5) is 0 Å². The lowest BCUT2D eigenvalue weighted by Gasteiger charge is -2.02. The van der Waals surface area contributed by atoms with E-state index in [0.29, 0.717) is 0 Å². The molecule has 20 heavy (non-hydrogen) atoms. The second-order valence-corrected chi connectivity index (χ2v) is 5.35. The van der Waals surface area contributed by atoms with Gasteiger partial charge in [-0.05, 0) is 38.5 Å². The molecular weight excluding hydrogens is 246 g/mol. The minimum absolute atomic E-state index is 0.0948. The largest absolute Gasteiger partial charge is 0.354 e. The van der Waals surface area contributed by atoms with Crippen LogP contribution >= 0.6 is 0 Å². The van der Waals surface area contributed by atoms with Gasteiger partial charge < -0.3 is 4.98 Å². The highest BCUT2D eigenvalue weighted by molar-refractivity contribution is 6.12. The Morgan fingerprint density at radius 1 is 0.950 bits per heavy atom. The topological polar surface area (TPSA) is 32.9 Å². The number of aromatic amines is 1. The van der Waals surface area contributed by atoms with Crippen molar-refractivity contribution in [1.82, 2.24) is 4.98 Å². The van der Waals surface area contributed by atoms with E-state index in [1.807, 2.05) is 13.0 Å². The number of H-pyrrole nitrogens is 1. The first-order valence-electron chi connectivity index (χ1n) is 6.76. The Balaban J connectivity index is 2.32. The van der Waals surface area contributed by atoms with Crippen LogP contribution in [0.5, 0.6) is 0 Å². The average Bonchev–Trinajstić information content (AvgIpc) is 2.78. The number of Topliss-reactive ketones (excluding diaryl/α,β-unsaturated/α-hetero) is 1. The molecule has 0 aliphatic heterocycles. The van der Waals surface area contributed by atoms with Gasteiger partial charge in [0.1, 0.15) is 0 Å². The normalized spacial score (nSPS) is 10.9. The number of aryl methyl sites for hydroxylation is 2. The second-order valence-electron chi connectivity index (χ2n) is 5.35. The van der Waals surface area contributed by atoms with Crippen LogP contribution in [0.25, 0.3) is 22.2 Å². The summed E-state index contributed by atoms with van der Waals surface area (Å²) >= 11 is 0. The second kappa shape index (κ2) is 4.64. The van der Waals surface area contributed by atoms with Crippen molar-refractivity contribution >= 4 is 16.7 Å². The number of carbonyl (C=O) groups excluding carboxylic acids is 1. The van der Waals surface area contributed by atoms with E-state index < -0.39 is 0 Å². The number of ketones is 1. The predicted molar refractivity (Wildman–Crippen MR) is 83.2 cm³/mol. The first kappa shape index (κ1) is 12.7. The van der Waals surface area contributed by atoms with Crippen LogP contribution in [-0.2, 0) is 0 Å². The van der Waals surface area contributed by atoms with Crippen LogP contribution in [0.15, 0.2) is 42.5 Å². The van der Waals surface area contributed by atoms with Crippen LogP contribution in [0.3, 0.4) is 0 Å². The number of fused-ring (bicyclic) bond motifs is 1. The van der Waals surface area contributed by atoms with Gasteiger partial charge in [-0.2, -0.15) is 0 Å². The SMILES string of the molecule is CC(=O)c1c(-c2ccc(C)cc2)[nH]c2ccc(C)cc12. The summed E-state index contributed by atoms with van der Waals surface area (Å²) in [6.07, 6.45) is 0. The van der Waals surface area contributed by atoms with Crippen LogP contribution in [-0.4, -0.2) is 10.8 Å². The van der Waals surface area contributed by atoms with E-state index in [1.54, 1.807) is 6.92 Å². The maximum atomic E-state index is 12.1. The molecule has 1 heterocycles. The Bertz CT molecular complexity index is 794. The average molecular weight is 263 g/mol. The minimum atomic E-state index is 0.0948. The number of nitrogens with one attached hydrogen (secondary N) is 1. The Labute approximate surface area is 118 Å². The van der Waals surface area contributed by atoms with Gasteiger partial charge in [0.05, 0.1) is 11.3 Å². The van der Waals surface area contributed by atoms with Crippen molar-refractivity contribution in [3.63, 3.8) is 0 Å². The van der Waals surface area contributed by atoms with Gasteiger partial charge in [-0.25, -0.2) is 0 Å². The fourth-order valence-electron chi connectivity index (χ4n) is 2.61. The molecule has 0 saturated heterocycles. The molecule has 0 unspecified atom stereocenters. The van der Waals surface area contributed by atoms with Crippen molar-refractivity contribution in [2.45, 2.75) is 20.8 Å². The molecule has 1 aromatic heterocycles. The van der Waals surface area contributed by atoms with Crippen LogP contribution in [0, 0.1) is 13.8 Å². The number of aromatic nitrogens is 1. The van der Waals surface area contributed by atoms with Crippen molar-refractivity contribution in [2.24, 2.45) is 0 Å². The van der Waals surface area contributed by atoms with Gasteiger partial charge in [-0.15, -0.1) is 0 Å². The first-order valence-corrected chi connectivity index (χ1v) is 6.76.